The molecule has 1 aromatic carbocycles. The average Bonchev–Trinajstić information content (AvgIpc) is 2.78. The van der Waals surface area contributed by atoms with E-state index in [2.05, 4.69) is 5.32 Å². The van der Waals surface area contributed by atoms with Gasteiger partial charge in [0.2, 0.25) is 0 Å². The van der Waals surface area contributed by atoms with Crippen LogP contribution in [-0.4, -0.2) is 41.5 Å². The quantitative estimate of drug-likeness (QED) is 0.733. The van der Waals surface area contributed by atoms with E-state index in [9.17, 15) is 14.3 Å². The van der Waals surface area contributed by atoms with E-state index in [-0.39, 0.29) is 36.9 Å². The van der Waals surface area contributed by atoms with Crippen molar-refractivity contribution < 1.29 is 24.1 Å². The fourth-order valence-electron chi connectivity index (χ4n) is 2.37. The maximum absolute atomic E-state index is 12.7. The Hall–Kier alpha value is -1.66. The summed E-state index contributed by atoms with van der Waals surface area (Å²) >= 11 is 0. The number of aliphatic hydroxyl groups excluding tert-OH is 2. The molecule has 1 amide bonds. The first kappa shape index (κ1) is 14.7. The molecule has 6 heteroatoms. The zero-order chi connectivity index (χ0) is 14.5. The molecule has 5 nitrogen and oxygen atoms in total. The fraction of sp³-hybridized carbons (Fsp3) is 0.500. The van der Waals surface area contributed by atoms with Gasteiger partial charge in [-0.1, -0.05) is 0 Å². The van der Waals surface area contributed by atoms with Crippen LogP contribution in [0.25, 0.3) is 0 Å². The molecular formula is C14H18FNO4. The second-order valence-electron chi connectivity index (χ2n) is 4.99. The Bertz CT molecular complexity index is 451. The van der Waals surface area contributed by atoms with Crippen LogP contribution >= 0.6 is 0 Å². The highest BCUT2D eigenvalue weighted by Gasteiger charge is 2.33. The molecule has 1 aromatic rings. The molecule has 0 aliphatic heterocycles. The van der Waals surface area contributed by atoms with E-state index in [1.54, 1.807) is 0 Å². The van der Waals surface area contributed by atoms with Gasteiger partial charge in [0.15, 0.2) is 6.61 Å². The minimum Gasteiger partial charge on any atom is -0.484 e. The second-order valence-corrected chi connectivity index (χ2v) is 4.99. The molecule has 0 saturated heterocycles. The van der Waals surface area contributed by atoms with Gasteiger partial charge in [-0.05, 0) is 37.1 Å². The average molecular weight is 283 g/mol. The van der Waals surface area contributed by atoms with Crippen molar-refractivity contribution in [3.05, 3.63) is 30.1 Å². The smallest absolute Gasteiger partial charge is 0.258 e. The van der Waals surface area contributed by atoms with Crippen molar-refractivity contribution in [3.63, 3.8) is 0 Å². The van der Waals surface area contributed by atoms with Crippen LogP contribution in [-0.2, 0) is 4.79 Å². The zero-order valence-electron chi connectivity index (χ0n) is 11.0. The lowest BCUT2D eigenvalue weighted by molar-refractivity contribution is -0.123. The summed E-state index contributed by atoms with van der Waals surface area (Å²) in [4.78, 5) is 11.7. The summed E-state index contributed by atoms with van der Waals surface area (Å²) in [6.45, 7) is -0.248. The third-order valence-electron chi connectivity index (χ3n) is 3.44. The molecule has 0 unspecified atom stereocenters. The Morgan fingerprint density at radius 3 is 2.65 bits per heavy atom. The largest absolute Gasteiger partial charge is 0.484 e. The molecule has 20 heavy (non-hydrogen) atoms. The number of carbonyl (C=O) groups excluding carboxylic acids is 1. The van der Waals surface area contributed by atoms with Gasteiger partial charge in [0.05, 0.1) is 6.10 Å². The monoisotopic (exact) mass is 283 g/mol. The molecule has 3 N–H and O–H groups in total. The molecule has 0 aromatic heterocycles. The Kier molecular flexibility index (Phi) is 4.92. The number of benzene rings is 1. The van der Waals surface area contributed by atoms with Crippen LogP contribution in [0.5, 0.6) is 5.75 Å². The minimum atomic E-state index is -0.580. The van der Waals surface area contributed by atoms with Gasteiger partial charge in [-0.3, -0.25) is 4.79 Å². The predicted molar refractivity (Wildman–Crippen MR) is 69.6 cm³/mol. The third kappa shape index (κ3) is 3.91. The number of hydrogen-bond acceptors (Lipinski definition) is 4. The van der Waals surface area contributed by atoms with Gasteiger partial charge in [0.1, 0.15) is 11.6 Å². The number of carbonyl (C=O) groups is 1. The summed E-state index contributed by atoms with van der Waals surface area (Å²) in [5.41, 5.74) is 0. The summed E-state index contributed by atoms with van der Waals surface area (Å²) in [6, 6.07) is 5.26. The number of nitrogens with one attached hydrogen (secondary N) is 1. The highest BCUT2D eigenvalue weighted by molar-refractivity contribution is 5.77. The molecule has 1 aliphatic carbocycles. The summed E-state index contributed by atoms with van der Waals surface area (Å²) < 4.78 is 17.9. The Labute approximate surface area is 116 Å². The maximum Gasteiger partial charge on any atom is 0.258 e. The lowest BCUT2D eigenvalue weighted by Gasteiger charge is -2.13. The van der Waals surface area contributed by atoms with Gasteiger partial charge in [-0.15, -0.1) is 0 Å². The van der Waals surface area contributed by atoms with Gasteiger partial charge in [0.25, 0.3) is 5.91 Å². The summed E-state index contributed by atoms with van der Waals surface area (Å²) in [5.74, 6) is -0.429. The van der Waals surface area contributed by atoms with Crippen molar-refractivity contribution in [1.82, 2.24) is 5.32 Å². The Balaban J connectivity index is 1.74. The van der Waals surface area contributed by atoms with Crippen LogP contribution in [0.4, 0.5) is 4.39 Å². The third-order valence-corrected chi connectivity index (χ3v) is 3.44. The van der Waals surface area contributed by atoms with Crippen molar-refractivity contribution >= 4 is 5.91 Å². The van der Waals surface area contributed by atoms with Crippen molar-refractivity contribution in [1.29, 1.82) is 0 Å². The molecular weight excluding hydrogens is 265 g/mol. The topological polar surface area (TPSA) is 78.8 Å². The summed E-state index contributed by atoms with van der Waals surface area (Å²) in [6.07, 6.45) is 0.413. The van der Waals surface area contributed by atoms with Crippen molar-refractivity contribution in [3.8, 4) is 5.75 Å². The van der Waals surface area contributed by atoms with Gasteiger partial charge in [0, 0.05) is 18.6 Å². The van der Waals surface area contributed by atoms with Gasteiger partial charge in [-0.2, -0.15) is 0 Å². The highest BCUT2D eigenvalue weighted by Crippen LogP contribution is 2.25. The van der Waals surface area contributed by atoms with Crippen LogP contribution in [0.15, 0.2) is 24.3 Å². The SMILES string of the molecule is O=C(COc1ccc(F)cc1)N[C@H]1C[C@@H](CO)[C@@H](O)C1. The number of hydrogen-bond donors (Lipinski definition) is 3. The van der Waals surface area contributed by atoms with Crippen molar-refractivity contribution in [2.75, 3.05) is 13.2 Å². The second kappa shape index (κ2) is 6.67. The maximum atomic E-state index is 12.7. The molecule has 110 valence electrons. The van der Waals surface area contributed by atoms with E-state index < -0.39 is 6.10 Å². The van der Waals surface area contributed by atoms with E-state index in [0.29, 0.717) is 18.6 Å². The standard InChI is InChI=1S/C14H18FNO4/c15-10-1-3-12(4-2-10)20-8-14(19)16-11-5-9(7-17)13(18)6-11/h1-4,9,11,13,17-18H,5-8H2,(H,16,19)/t9-,11-,13-/m0/s1. The molecule has 0 heterocycles. The normalized spacial score (nSPS) is 25.4. The molecule has 2 rings (SSSR count). The molecule has 0 bridgehead atoms. The summed E-state index contributed by atoms with van der Waals surface area (Å²) in [5, 5.41) is 21.4. The first-order chi connectivity index (χ1) is 9.58. The van der Waals surface area contributed by atoms with Gasteiger partial charge >= 0.3 is 0 Å². The Morgan fingerprint density at radius 2 is 2.05 bits per heavy atom. The predicted octanol–water partition coefficient (Wildman–Crippen LogP) is 0.452. The number of rotatable bonds is 5. The lowest BCUT2D eigenvalue weighted by Crippen LogP contribution is -2.36. The van der Waals surface area contributed by atoms with Crippen molar-refractivity contribution in [2.24, 2.45) is 5.92 Å². The van der Waals surface area contributed by atoms with E-state index in [0.717, 1.165) is 0 Å². The minimum absolute atomic E-state index is 0.0837. The number of halogens is 1. The molecule has 3 atom stereocenters. The molecule has 1 aliphatic rings. The number of amides is 1. The van der Waals surface area contributed by atoms with E-state index in [1.807, 2.05) is 0 Å². The zero-order valence-corrected chi connectivity index (χ0v) is 11.0. The van der Waals surface area contributed by atoms with Crippen LogP contribution < -0.4 is 10.1 Å². The molecule has 0 radical (unpaired) electrons. The van der Waals surface area contributed by atoms with Crippen molar-refractivity contribution in [2.45, 2.75) is 25.0 Å². The van der Waals surface area contributed by atoms with E-state index >= 15 is 0 Å². The molecule has 0 spiro atoms. The number of ether oxygens (including phenoxy) is 1. The first-order valence-electron chi connectivity index (χ1n) is 6.55. The first-order valence-corrected chi connectivity index (χ1v) is 6.55. The molecule has 1 saturated carbocycles. The van der Waals surface area contributed by atoms with Gasteiger partial charge in [-0.25, -0.2) is 4.39 Å². The van der Waals surface area contributed by atoms with E-state index in [1.165, 1.54) is 24.3 Å². The number of aliphatic hydroxyl groups is 2. The highest BCUT2D eigenvalue weighted by atomic mass is 19.1. The fourth-order valence-corrected chi connectivity index (χ4v) is 2.37. The van der Waals surface area contributed by atoms with Crippen LogP contribution in [0.1, 0.15) is 12.8 Å². The van der Waals surface area contributed by atoms with E-state index in [4.69, 9.17) is 9.84 Å². The van der Waals surface area contributed by atoms with Crippen LogP contribution in [0.2, 0.25) is 0 Å². The molecule has 1 fully saturated rings. The van der Waals surface area contributed by atoms with Crippen LogP contribution in [0.3, 0.4) is 0 Å². The van der Waals surface area contributed by atoms with Gasteiger partial charge < -0.3 is 20.3 Å². The summed E-state index contributed by atoms with van der Waals surface area (Å²) in [7, 11) is 0. The lowest BCUT2D eigenvalue weighted by atomic mass is 10.1. The Morgan fingerprint density at radius 1 is 1.35 bits per heavy atom. The van der Waals surface area contributed by atoms with Crippen LogP contribution in [0, 0.1) is 11.7 Å².